The Morgan fingerprint density at radius 1 is 0.929 bits per heavy atom. The van der Waals surface area contributed by atoms with Gasteiger partial charge in [-0.25, -0.2) is 8.42 Å². The molecule has 0 aliphatic carbocycles. The first-order valence-corrected chi connectivity index (χ1v) is 16.4. The number of sulfonamides is 1. The number of hydrogen-bond donors (Lipinski definition) is 1. The molecule has 226 valence electrons. The molecule has 0 bridgehead atoms. The highest BCUT2D eigenvalue weighted by Gasteiger charge is 2.33. The number of nitrogens with one attached hydrogen (secondary N) is 1. The number of nitrogens with zero attached hydrogens (tertiary/aromatic N) is 2. The fourth-order valence-electron chi connectivity index (χ4n) is 4.65. The van der Waals surface area contributed by atoms with E-state index in [9.17, 15) is 18.0 Å². The van der Waals surface area contributed by atoms with Gasteiger partial charge in [-0.3, -0.25) is 13.9 Å². The lowest BCUT2D eigenvalue weighted by atomic mass is 10.00. The second kappa shape index (κ2) is 14.4. The van der Waals surface area contributed by atoms with Gasteiger partial charge in [0.2, 0.25) is 21.8 Å². The van der Waals surface area contributed by atoms with E-state index in [4.69, 9.17) is 23.2 Å². The normalized spacial score (nSPS) is 12.5. The monoisotopic (exact) mass is 631 g/mol. The van der Waals surface area contributed by atoms with Gasteiger partial charge in [0.25, 0.3) is 0 Å². The Labute approximate surface area is 259 Å². The Morgan fingerprint density at radius 3 is 2.12 bits per heavy atom. The smallest absolute Gasteiger partial charge is 0.243 e. The number of hydrogen-bond acceptors (Lipinski definition) is 4. The van der Waals surface area contributed by atoms with Crippen LogP contribution in [0, 0.1) is 6.92 Å². The van der Waals surface area contributed by atoms with Gasteiger partial charge in [-0.15, -0.1) is 0 Å². The van der Waals surface area contributed by atoms with Crippen molar-refractivity contribution in [1.29, 1.82) is 0 Å². The summed E-state index contributed by atoms with van der Waals surface area (Å²) in [6.07, 6.45) is 1.67. The predicted molar refractivity (Wildman–Crippen MR) is 171 cm³/mol. The van der Waals surface area contributed by atoms with E-state index < -0.39 is 21.6 Å². The number of rotatable bonds is 12. The SMILES string of the molecule is Cc1cccc(N(CCCC(=O)N(Cc2c(Cl)cccc2Cl)C(Cc2ccccc2)C(=O)NC(C)(C)C)S(C)(=O)=O)c1. The Bertz CT molecular complexity index is 1470. The lowest BCUT2D eigenvalue weighted by molar-refractivity contribution is -0.142. The zero-order chi connectivity index (χ0) is 31.1. The molecule has 0 aliphatic heterocycles. The van der Waals surface area contributed by atoms with Crippen LogP contribution in [0.25, 0.3) is 0 Å². The molecule has 0 aliphatic rings. The van der Waals surface area contributed by atoms with E-state index in [1.54, 1.807) is 36.4 Å². The van der Waals surface area contributed by atoms with Crippen molar-refractivity contribution in [3.05, 3.63) is 99.5 Å². The maximum Gasteiger partial charge on any atom is 0.243 e. The van der Waals surface area contributed by atoms with E-state index >= 15 is 0 Å². The first kappa shape index (κ1) is 33.4. The molecule has 3 aromatic rings. The maximum atomic E-state index is 14.0. The highest BCUT2D eigenvalue weighted by Crippen LogP contribution is 2.28. The number of carbonyl (C=O) groups is 2. The van der Waals surface area contributed by atoms with E-state index in [-0.39, 0.29) is 44.2 Å². The third kappa shape index (κ3) is 9.75. The molecule has 2 amide bonds. The minimum atomic E-state index is -3.59. The Balaban J connectivity index is 1.95. The molecular formula is C32H39Cl2N3O4S. The van der Waals surface area contributed by atoms with Crippen molar-refractivity contribution < 1.29 is 18.0 Å². The summed E-state index contributed by atoms with van der Waals surface area (Å²) < 4.78 is 26.6. The van der Waals surface area contributed by atoms with Gasteiger partial charge < -0.3 is 10.2 Å². The van der Waals surface area contributed by atoms with E-state index in [0.717, 1.165) is 17.4 Å². The molecule has 0 fully saturated rings. The summed E-state index contributed by atoms with van der Waals surface area (Å²) in [6.45, 7) is 7.65. The summed E-state index contributed by atoms with van der Waals surface area (Å²) in [7, 11) is -3.59. The summed E-state index contributed by atoms with van der Waals surface area (Å²) in [6, 6.07) is 20.9. The Hall–Kier alpha value is -3.07. The molecule has 0 heterocycles. The summed E-state index contributed by atoms with van der Waals surface area (Å²) in [4.78, 5) is 29.2. The molecule has 0 saturated carbocycles. The topological polar surface area (TPSA) is 86.8 Å². The quantitative estimate of drug-likeness (QED) is 0.250. The molecule has 42 heavy (non-hydrogen) atoms. The van der Waals surface area contributed by atoms with E-state index in [2.05, 4.69) is 5.32 Å². The van der Waals surface area contributed by atoms with Crippen molar-refractivity contribution in [3.8, 4) is 0 Å². The molecule has 1 atom stereocenters. The van der Waals surface area contributed by atoms with Gasteiger partial charge in [-0.1, -0.05) is 71.7 Å². The predicted octanol–water partition coefficient (Wildman–Crippen LogP) is 6.40. The van der Waals surface area contributed by atoms with Gasteiger partial charge in [-0.2, -0.15) is 0 Å². The van der Waals surface area contributed by atoms with Gasteiger partial charge in [0, 0.05) is 47.1 Å². The van der Waals surface area contributed by atoms with Gasteiger partial charge in [-0.05, 0) is 69.5 Å². The second-order valence-corrected chi connectivity index (χ2v) is 14.2. The van der Waals surface area contributed by atoms with Crippen molar-refractivity contribution in [2.45, 2.75) is 65.1 Å². The van der Waals surface area contributed by atoms with Gasteiger partial charge in [0.1, 0.15) is 6.04 Å². The number of anilines is 1. The largest absolute Gasteiger partial charge is 0.350 e. The van der Waals surface area contributed by atoms with Crippen molar-refractivity contribution >= 4 is 50.7 Å². The summed E-state index contributed by atoms with van der Waals surface area (Å²) in [5.41, 5.74) is 2.35. The molecule has 0 saturated heterocycles. The van der Waals surface area contributed by atoms with Gasteiger partial charge >= 0.3 is 0 Å². The van der Waals surface area contributed by atoms with Gasteiger partial charge in [0.05, 0.1) is 11.9 Å². The number of halogens is 2. The maximum absolute atomic E-state index is 14.0. The highest BCUT2D eigenvalue weighted by atomic mass is 35.5. The molecule has 1 N–H and O–H groups in total. The Kier molecular flexibility index (Phi) is 11.5. The third-order valence-electron chi connectivity index (χ3n) is 6.60. The van der Waals surface area contributed by atoms with E-state index in [1.807, 2.05) is 64.1 Å². The summed E-state index contributed by atoms with van der Waals surface area (Å²) in [5.74, 6) is -0.617. The second-order valence-electron chi connectivity index (χ2n) is 11.4. The minimum absolute atomic E-state index is 0.00793. The fraction of sp³-hybridized carbons (Fsp3) is 0.375. The molecule has 3 rings (SSSR count). The number of benzene rings is 3. The highest BCUT2D eigenvalue weighted by molar-refractivity contribution is 7.92. The van der Waals surface area contributed by atoms with Crippen LogP contribution in [-0.2, 0) is 32.6 Å². The average molecular weight is 633 g/mol. The average Bonchev–Trinajstić information content (AvgIpc) is 2.88. The van der Waals surface area contributed by atoms with E-state index in [1.165, 1.54) is 9.21 Å². The molecule has 0 aromatic heterocycles. The van der Waals surface area contributed by atoms with Crippen LogP contribution < -0.4 is 9.62 Å². The third-order valence-corrected chi connectivity index (χ3v) is 8.50. The van der Waals surface area contributed by atoms with Crippen LogP contribution >= 0.6 is 23.2 Å². The van der Waals surface area contributed by atoms with Crippen LogP contribution in [0.2, 0.25) is 10.0 Å². The lowest BCUT2D eigenvalue weighted by Gasteiger charge is -2.34. The summed E-state index contributed by atoms with van der Waals surface area (Å²) in [5, 5.41) is 3.80. The molecule has 3 aromatic carbocycles. The number of carbonyl (C=O) groups excluding carboxylic acids is 2. The zero-order valence-corrected chi connectivity index (χ0v) is 27.1. The van der Waals surface area contributed by atoms with Gasteiger partial charge in [0.15, 0.2) is 0 Å². The zero-order valence-electron chi connectivity index (χ0n) is 24.7. The molecule has 10 heteroatoms. The van der Waals surface area contributed by atoms with E-state index in [0.29, 0.717) is 21.3 Å². The first-order valence-electron chi connectivity index (χ1n) is 13.8. The van der Waals surface area contributed by atoms with Crippen LogP contribution in [0.5, 0.6) is 0 Å². The molecule has 1 unspecified atom stereocenters. The summed E-state index contributed by atoms with van der Waals surface area (Å²) >= 11 is 13.0. The fourth-order valence-corrected chi connectivity index (χ4v) is 6.12. The Morgan fingerprint density at radius 2 is 1.55 bits per heavy atom. The van der Waals surface area contributed by atoms with Crippen LogP contribution in [0.4, 0.5) is 5.69 Å². The van der Waals surface area contributed by atoms with Crippen LogP contribution in [0.15, 0.2) is 72.8 Å². The molecule has 0 radical (unpaired) electrons. The lowest BCUT2D eigenvalue weighted by Crippen LogP contribution is -2.54. The first-order chi connectivity index (χ1) is 19.7. The van der Waals surface area contributed by atoms with Crippen molar-refractivity contribution in [2.24, 2.45) is 0 Å². The number of aryl methyl sites for hydroxylation is 1. The molecular weight excluding hydrogens is 593 g/mol. The molecule has 7 nitrogen and oxygen atoms in total. The minimum Gasteiger partial charge on any atom is -0.350 e. The number of amides is 2. The van der Waals surface area contributed by atoms with Crippen LogP contribution in [-0.4, -0.2) is 49.5 Å². The standard InChI is InChI=1S/C32H39Cl2N3O4S/c1-23-12-9-15-25(20-23)37(42(5,40)41)19-11-18-30(38)36(22-26-27(33)16-10-17-28(26)34)29(31(39)35-32(2,3)4)21-24-13-7-6-8-14-24/h6-10,12-17,20,29H,11,18-19,21-22H2,1-5H3,(H,35,39). The van der Waals surface area contributed by atoms with Crippen LogP contribution in [0.3, 0.4) is 0 Å². The van der Waals surface area contributed by atoms with Crippen LogP contribution in [0.1, 0.15) is 50.3 Å². The van der Waals surface area contributed by atoms with Crippen molar-refractivity contribution in [1.82, 2.24) is 10.2 Å². The van der Waals surface area contributed by atoms with Crippen molar-refractivity contribution in [3.63, 3.8) is 0 Å². The van der Waals surface area contributed by atoms with Crippen molar-refractivity contribution in [2.75, 3.05) is 17.1 Å². The molecule has 0 spiro atoms.